The summed E-state index contributed by atoms with van der Waals surface area (Å²) in [5, 5.41) is 4.83. The number of thiophene rings is 1. The van der Waals surface area contributed by atoms with Crippen LogP contribution < -0.4 is 9.80 Å². The number of para-hydroxylation sites is 3. The van der Waals surface area contributed by atoms with Crippen molar-refractivity contribution < 1.29 is 4.42 Å². The summed E-state index contributed by atoms with van der Waals surface area (Å²) in [5.74, 6) is 0. The van der Waals surface area contributed by atoms with E-state index in [2.05, 4.69) is 483 Å². The van der Waals surface area contributed by atoms with Crippen LogP contribution in [-0.2, 0) is 10.8 Å². The van der Waals surface area contributed by atoms with Gasteiger partial charge in [0.25, 0.3) is 0 Å². The molecule has 0 saturated carbocycles. The van der Waals surface area contributed by atoms with E-state index in [-0.39, 0.29) is 0 Å². The summed E-state index contributed by atoms with van der Waals surface area (Å²) < 4.78 is 9.40. The molecular formula is C122H78N2OS. The van der Waals surface area contributed by atoms with Gasteiger partial charge in [-0.1, -0.05) is 352 Å². The Morgan fingerprint density at radius 2 is 0.460 bits per heavy atom. The van der Waals surface area contributed by atoms with Crippen LogP contribution in [0.15, 0.2) is 478 Å². The van der Waals surface area contributed by atoms with Gasteiger partial charge in [-0.15, -0.1) is 11.3 Å². The lowest BCUT2D eigenvalue weighted by Gasteiger charge is -2.30. The van der Waals surface area contributed by atoms with Crippen molar-refractivity contribution in [2.24, 2.45) is 0 Å². The van der Waals surface area contributed by atoms with Gasteiger partial charge in [0.15, 0.2) is 0 Å². The molecule has 3 nitrogen and oxygen atoms in total. The van der Waals surface area contributed by atoms with Crippen LogP contribution in [0.4, 0.5) is 34.1 Å². The standard InChI is InChI=1S/C67H43NS.C55H35NO/c1-3-15-44(16-4-1)46-27-34-51(35-28-46)68(52-36-29-47(30-37-52)45-17-5-2-6-18-45)53-38-31-48(32-39-53)50-41-59(66-60(42-50)58-22-10-14-26-65(58)69-66)49-33-40-57-56-21-9-13-25-63(56)67(64(57)43-49)61-23-11-7-19-54(61)55-20-8-12-24-62(55)67;1-3-15-39(16-4-1)56(40-17-5-2-6-18-40)41-30-27-36(28-31-41)38-33-47(54-48(34-38)46-22-10-14-26-53(46)57-54)37-29-32-45-44-21-9-13-25-51(44)55(52(45)35-37)49-23-11-7-19-42(49)43-20-8-12-24-50(43)55/h1-43H;1-35H. The van der Waals surface area contributed by atoms with Gasteiger partial charge < -0.3 is 14.2 Å². The van der Waals surface area contributed by atoms with E-state index in [1.54, 1.807) is 0 Å². The Labute approximate surface area is 736 Å². The third-order valence-corrected chi connectivity index (χ3v) is 28.2. The highest BCUT2D eigenvalue weighted by atomic mass is 32.1. The molecule has 588 valence electrons. The molecule has 0 aliphatic heterocycles. The molecule has 26 rings (SSSR count). The lowest BCUT2D eigenvalue weighted by atomic mass is 9.70. The molecular weight excluding hydrogens is 1540 g/mol. The minimum absolute atomic E-state index is 0.405. The topological polar surface area (TPSA) is 19.6 Å². The first-order valence-electron chi connectivity index (χ1n) is 43.5. The molecule has 0 amide bonds. The number of hydrogen-bond donors (Lipinski definition) is 0. The molecule has 0 N–H and O–H groups in total. The van der Waals surface area contributed by atoms with E-state index in [1.807, 2.05) is 11.3 Å². The average Bonchev–Trinajstić information content (AvgIpc) is 1.51. The number of rotatable bonds is 12. The Hall–Kier alpha value is -16.0. The van der Waals surface area contributed by atoms with Crippen molar-refractivity contribution in [1.29, 1.82) is 0 Å². The maximum atomic E-state index is 6.78. The molecule has 0 saturated heterocycles. The molecule has 2 spiro atoms. The van der Waals surface area contributed by atoms with Crippen molar-refractivity contribution in [3.63, 3.8) is 0 Å². The van der Waals surface area contributed by atoms with Gasteiger partial charge in [0.2, 0.25) is 0 Å². The summed E-state index contributed by atoms with van der Waals surface area (Å²) in [5.41, 5.74) is 43.2. The summed E-state index contributed by atoms with van der Waals surface area (Å²) in [6.07, 6.45) is 0. The fourth-order valence-electron chi connectivity index (χ4n) is 21.5. The van der Waals surface area contributed by atoms with Crippen LogP contribution in [0.3, 0.4) is 0 Å². The monoisotopic (exact) mass is 1620 g/mol. The highest BCUT2D eigenvalue weighted by Crippen LogP contribution is 2.66. The Kier molecular flexibility index (Phi) is 17.0. The lowest BCUT2D eigenvalue weighted by Crippen LogP contribution is -2.25. The van der Waals surface area contributed by atoms with Crippen molar-refractivity contribution in [2.45, 2.75) is 10.8 Å². The first-order chi connectivity index (χ1) is 62.5. The zero-order valence-electron chi connectivity index (χ0n) is 68.7. The normalized spacial score (nSPS) is 12.9. The van der Waals surface area contributed by atoms with Crippen LogP contribution in [-0.4, -0.2) is 0 Å². The van der Waals surface area contributed by atoms with Crippen molar-refractivity contribution in [1.82, 2.24) is 0 Å². The molecule has 4 heteroatoms. The Morgan fingerprint density at radius 1 is 0.175 bits per heavy atom. The second-order valence-electron chi connectivity index (χ2n) is 33.6. The fourth-order valence-corrected chi connectivity index (χ4v) is 22.7. The second-order valence-corrected chi connectivity index (χ2v) is 34.6. The Morgan fingerprint density at radius 3 is 0.865 bits per heavy atom. The number of hydrogen-bond acceptors (Lipinski definition) is 4. The van der Waals surface area contributed by atoms with Gasteiger partial charge in [0.1, 0.15) is 11.2 Å². The van der Waals surface area contributed by atoms with Crippen LogP contribution in [0.2, 0.25) is 0 Å². The summed E-state index contributed by atoms with van der Waals surface area (Å²) in [6, 6.07) is 174. The number of anilines is 6. The molecule has 20 aromatic carbocycles. The van der Waals surface area contributed by atoms with Gasteiger partial charge in [0.05, 0.1) is 10.8 Å². The van der Waals surface area contributed by atoms with Crippen LogP contribution >= 0.6 is 11.3 Å². The molecule has 0 atom stereocenters. The summed E-state index contributed by atoms with van der Waals surface area (Å²) in [7, 11) is 0. The fraction of sp³-hybridized carbons (Fsp3) is 0.0164. The smallest absolute Gasteiger partial charge is 0.143 e. The Bertz CT molecular complexity index is 7800. The molecule has 2 aromatic heterocycles. The van der Waals surface area contributed by atoms with Gasteiger partial charge in [-0.2, -0.15) is 0 Å². The largest absolute Gasteiger partial charge is 0.455 e. The highest BCUT2D eigenvalue weighted by molar-refractivity contribution is 7.26. The van der Waals surface area contributed by atoms with Gasteiger partial charge >= 0.3 is 0 Å². The van der Waals surface area contributed by atoms with Gasteiger partial charge in [0, 0.05) is 76.2 Å². The molecule has 0 bridgehead atoms. The third-order valence-electron chi connectivity index (χ3n) is 27.0. The maximum Gasteiger partial charge on any atom is 0.143 e. The number of benzene rings is 20. The Balaban J connectivity index is 0.000000140. The number of furan rings is 1. The zero-order chi connectivity index (χ0) is 83.0. The van der Waals surface area contributed by atoms with Crippen molar-refractivity contribution in [2.75, 3.05) is 9.80 Å². The van der Waals surface area contributed by atoms with Crippen LogP contribution in [0.25, 0.3) is 153 Å². The highest BCUT2D eigenvalue weighted by Gasteiger charge is 2.53. The molecule has 22 aromatic rings. The molecule has 4 aliphatic rings. The number of nitrogens with zero attached hydrogens (tertiary/aromatic N) is 2. The molecule has 0 radical (unpaired) electrons. The SMILES string of the molecule is c1ccc(-c2ccc(N(c3ccc(-c4ccccc4)cc3)c3ccc(-c4cc(-c5ccc6c(c5)C5(c7ccccc7-c7ccccc75)c5ccccc5-6)c5sc6ccccc6c5c4)cc3)cc2)cc1.c1ccc(N(c2ccccc2)c2ccc(-c3cc(-c4ccc5c(c4)C4(c6ccccc6-c6ccccc64)c4ccccc4-5)c4oc5ccccc5c4c3)cc2)cc1. The minimum atomic E-state index is -0.418. The van der Waals surface area contributed by atoms with E-state index >= 15 is 0 Å². The van der Waals surface area contributed by atoms with E-state index in [0.29, 0.717) is 0 Å². The zero-order valence-corrected chi connectivity index (χ0v) is 69.6. The van der Waals surface area contributed by atoms with E-state index in [4.69, 9.17) is 4.42 Å². The predicted octanol–water partition coefficient (Wildman–Crippen LogP) is 33.3. The van der Waals surface area contributed by atoms with Crippen molar-refractivity contribution in [3.05, 3.63) is 518 Å². The quantitative estimate of drug-likeness (QED) is 0.122. The molecule has 0 fully saturated rings. The van der Waals surface area contributed by atoms with Gasteiger partial charge in [-0.3, -0.25) is 0 Å². The average molecular weight is 1620 g/mol. The summed E-state index contributed by atoms with van der Waals surface area (Å²) in [4.78, 5) is 4.67. The van der Waals surface area contributed by atoms with Crippen LogP contribution in [0, 0.1) is 0 Å². The van der Waals surface area contributed by atoms with Crippen LogP contribution in [0.5, 0.6) is 0 Å². The minimum Gasteiger partial charge on any atom is -0.455 e. The molecule has 0 unspecified atom stereocenters. The second kappa shape index (κ2) is 29.4. The van der Waals surface area contributed by atoms with Crippen LogP contribution in [0.1, 0.15) is 44.5 Å². The summed E-state index contributed by atoms with van der Waals surface area (Å²) >= 11 is 1.90. The van der Waals surface area contributed by atoms with Gasteiger partial charge in [-0.25, -0.2) is 0 Å². The maximum absolute atomic E-state index is 6.78. The first-order valence-corrected chi connectivity index (χ1v) is 44.3. The van der Waals surface area contributed by atoms with E-state index in [9.17, 15) is 0 Å². The van der Waals surface area contributed by atoms with E-state index < -0.39 is 10.8 Å². The molecule has 2 heterocycles. The van der Waals surface area contributed by atoms with E-state index in [1.165, 1.54) is 154 Å². The predicted molar refractivity (Wildman–Crippen MR) is 528 cm³/mol. The molecule has 4 aliphatic carbocycles. The van der Waals surface area contributed by atoms with Crippen molar-refractivity contribution >= 4 is 87.6 Å². The van der Waals surface area contributed by atoms with Gasteiger partial charge in [-0.05, 0) is 266 Å². The summed E-state index contributed by atoms with van der Waals surface area (Å²) in [6.45, 7) is 0. The van der Waals surface area contributed by atoms with E-state index in [0.717, 1.165) is 78.3 Å². The number of fused-ring (bicyclic) bond motifs is 26. The van der Waals surface area contributed by atoms with Crippen molar-refractivity contribution in [3.8, 4) is 111 Å². The molecule has 126 heavy (non-hydrogen) atoms. The lowest BCUT2D eigenvalue weighted by molar-refractivity contribution is 0.670. The first kappa shape index (κ1) is 72.8. The third kappa shape index (κ3) is 11.4.